The number of hydrogen-bond acceptors (Lipinski definition) is 5. The van der Waals surface area contributed by atoms with E-state index in [2.05, 4.69) is 27.0 Å². The van der Waals surface area contributed by atoms with E-state index < -0.39 is 0 Å². The Morgan fingerprint density at radius 1 is 1.17 bits per heavy atom. The summed E-state index contributed by atoms with van der Waals surface area (Å²) in [5.41, 5.74) is 10.2. The van der Waals surface area contributed by atoms with Crippen LogP contribution in [-0.2, 0) is 12.8 Å². The Morgan fingerprint density at radius 3 is 2.54 bits per heavy atom. The average Bonchev–Trinajstić information content (AvgIpc) is 2.60. The van der Waals surface area contributed by atoms with Gasteiger partial charge in [0.15, 0.2) is 0 Å². The summed E-state index contributed by atoms with van der Waals surface area (Å²) in [5.74, 6) is 1.59. The lowest BCUT2D eigenvalue weighted by atomic mass is 9.86. The van der Waals surface area contributed by atoms with E-state index in [1.807, 2.05) is 12.1 Å². The number of fused-ring (bicyclic) bond motifs is 1. The Hall–Kier alpha value is -2.26. The molecule has 3 rings (SSSR count). The number of halogens is 1. The molecule has 124 valence electrons. The first-order valence-electron chi connectivity index (χ1n) is 7.74. The van der Waals surface area contributed by atoms with Crippen molar-refractivity contribution in [1.29, 1.82) is 5.26 Å². The number of nitrogens with two attached hydrogens (primary N) is 1. The minimum Gasteiger partial charge on any atom is -0.496 e. The van der Waals surface area contributed by atoms with Crippen LogP contribution < -0.4 is 15.2 Å². The SMILES string of the molecule is COc1cc(OC)c(-c2c(C#N)c(N)nc3c2CCCC3)cc1Br. The average molecular weight is 388 g/mol. The minimum absolute atomic E-state index is 0.280. The first kappa shape index (κ1) is 16.6. The molecule has 0 amide bonds. The third-order valence-electron chi connectivity index (χ3n) is 4.36. The summed E-state index contributed by atoms with van der Waals surface area (Å²) in [7, 11) is 3.21. The molecule has 2 N–H and O–H groups in total. The number of hydrogen-bond donors (Lipinski definition) is 1. The Labute approximate surface area is 149 Å². The molecule has 1 aliphatic rings. The van der Waals surface area contributed by atoms with Gasteiger partial charge in [-0.25, -0.2) is 4.98 Å². The van der Waals surface area contributed by atoms with Crippen LogP contribution in [0.4, 0.5) is 5.82 Å². The van der Waals surface area contributed by atoms with Crippen LogP contribution >= 0.6 is 15.9 Å². The zero-order valence-electron chi connectivity index (χ0n) is 13.6. The van der Waals surface area contributed by atoms with Crippen molar-refractivity contribution in [2.75, 3.05) is 20.0 Å². The lowest BCUT2D eigenvalue weighted by Crippen LogP contribution is -2.12. The summed E-state index contributed by atoms with van der Waals surface area (Å²) >= 11 is 3.52. The zero-order chi connectivity index (χ0) is 17.3. The van der Waals surface area contributed by atoms with Gasteiger partial charge >= 0.3 is 0 Å². The normalized spacial score (nSPS) is 13.1. The Bertz CT molecular complexity index is 843. The number of nitrogen functional groups attached to an aromatic ring is 1. The molecule has 6 heteroatoms. The molecule has 0 fully saturated rings. The summed E-state index contributed by atoms with van der Waals surface area (Å²) < 4.78 is 11.7. The van der Waals surface area contributed by atoms with E-state index in [4.69, 9.17) is 15.2 Å². The fraction of sp³-hybridized carbons (Fsp3) is 0.333. The van der Waals surface area contributed by atoms with Gasteiger partial charge in [0.1, 0.15) is 28.9 Å². The summed E-state index contributed by atoms with van der Waals surface area (Å²) in [6, 6.07) is 5.95. The molecule has 0 bridgehead atoms. The van der Waals surface area contributed by atoms with Crippen LogP contribution in [0, 0.1) is 11.3 Å². The molecule has 0 saturated heterocycles. The maximum atomic E-state index is 9.65. The maximum absolute atomic E-state index is 9.65. The smallest absolute Gasteiger partial charge is 0.142 e. The Kier molecular flexibility index (Phi) is 4.63. The standard InChI is InChI=1S/C18H18BrN3O2/c1-23-15-8-16(24-2)13(19)7-11(15)17-10-5-3-4-6-14(10)22-18(21)12(17)9-20/h7-8H,3-6H2,1-2H3,(H2,21,22). The number of pyridine rings is 1. The van der Waals surface area contributed by atoms with E-state index in [-0.39, 0.29) is 5.82 Å². The summed E-state index contributed by atoms with van der Waals surface area (Å²) in [5, 5.41) is 9.65. The fourth-order valence-corrected chi connectivity index (χ4v) is 3.73. The molecule has 1 aromatic carbocycles. The summed E-state index contributed by atoms with van der Waals surface area (Å²) in [6.45, 7) is 0. The van der Waals surface area contributed by atoms with Crippen LogP contribution in [0.2, 0.25) is 0 Å². The van der Waals surface area contributed by atoms with Crippen LogP contribution in [0.3, 0.4) is 0 Å². The van der Waals surface area contributed by atoms with Gasteiger partial charge in [0, 0.05) is 22.9 Å². The third kappa shape index (κ3) is 2.69. The lowest BCUT2D eigenvalue weighted by molar-refractivity contribution is 0.393. The van der Waals surface area contributed by atoms with E-state index in [1.165, 1.54) is 0 Å². The zero-order valence-corrected chi connectivity index (χ0v) is 15.2. The van der Waals surface area contributed by atoms with Crippen LogP contribution in [0.5, 0.6) is 11.5 Å². The molecule has 1 aromatic heterocycles. The highest BCUT2D eigenvalue weighted by Crippen LogP contribution is 2.43. The first-order chi connectivity index (χ1) is 11.6. The van der Waals surface area contributed by atoms with E-state index in [0.717, 1.165) is 52.5 Å². The molecule has 0 saturated carbocycles. The van der Waals surface area contributed by atoms with Crippen molar-refractivity contribution >= 4 is 21.7 Å². The molecule has 5 nitrogen and oxygen atoms in total. The van der Waals surface area contributed by atoms with Crippen molar-refractivity contribution < 1.29 is 9.47 Å². The Morgan fingerprint density at radius 2 is 1.88 bits per heavy atom. The van der Waals surface area contributed by atoms with Gasteiger partial charge < -0.3 is 15.2 Å². The highest BCUT2D eigenvalue weighted by atomic mass is 79.9. The number of aromatic nitrogens is 1. The summed E-state index contributed by atoms with van der Waals surface area (Å²) in [4.78, 5) is 4.46. The predicted molar refractivity (Wildman–Crippen MR) is 96.2 cm³/mol. The number of nitriles is 1. The van der Waals surface area contributed by atoms with Gasteiger partial charge in [0.25, 0.3) is 0 Å². The molecule has 1 heterocycles. The van der Waals surface area contributed by atoms with Crippen molar-refractivity contribution in [2.45, 2.75) is 25.7 Å². The predicted octanol–water partition coefficient (Wildman–Crippen LogP) is 3.86. The fourth-order valence-electron chi connectivity index (χ4n) is 3.23. The van der Waals surface area contributed by atoms with Crippen molar-refractivity contribution in [2.24, 2.45) is 0 Å². The molecule has 2 aromatic rings. The van der Waals surface area contributed by atoms with Gasteiger partial charge in [-0.15, -0.1) is 0 Å². The molecule has 0 spiro atoms. The van der Waals surface area contributed by atoms with Crippen LogP contribution in [0.1, 0.15) is 29.7 Å². The quantitative estimate of drug-likeness (QED) is 0.864. The highest BCUT2D eigenvalue weighted by Gasteiger charge is 2.24. The maximum Gasteiger partial charge on any atom is 0.142 e. The number of anilines is 1. The number of methoxy groups -OCH3 is 2. The molecule has 1 aliphatic carbocycles. The van der Waals surface area contributed by atoms with Gasteiger partial charge in [-0.05, 0) is 53.2 Å². The minimum atomic E-state index is 0.280. The number of benzene rings is 1. The second-order valence-corrected chi connectivity index (χ2v) is 6.53. The van der Waals surface area contributed by atoms with Crippen LogP contribution in [-0.4, -0.2) is 19.2 Å². The van der Waals surface area contributed by atoms with Crippen molar-refractivity contribution in [3.05, 3.63) is 33.4 Å². The lowest BCUT2D eigenvalue weighted by Gasteiger charge is -2.22. The number of nitrogens with zero attached hydrogens (tertiary/aromatic N) is 2. The number of aryl methyl sites for hydroxylation is 1. The summed E-state index contributed by atoms with van der Waals surface area (Å²) in [6.07, 6.45) is 3.95. The van der Waals surface area contributed by atoms with E-state index >= 15 is 0 Å². The van der Waals surface area contributed by atoms with Gasteiger partial charge in [-0.1, -0.05) is 0 Å². The van der Waals surface area contributed by atoms with E-state index in [1.54, 1.807) is 14.2 Å². The van der Waals surface area contributed by atoms with Gasteiger partial charge in [-0.3, -0.25) is 0 Å². The molecular weight excluding hydrogens is 370 g/mol. The molecule has 0 unspecified atom stereocenters. The second kappa shape index (κ2) is 6.70. The van der Waals surface area contributed by atoms with E-state index in [0.29, 0.717) is 17.1 Å². The molecule has 0 aliphatic heterocycles. The molecule has 24 heavy (non-hydrogen) atoms. The van der Waals surface area contributed by atoms with Gasteiger partial charge in [-0.2, -0.15) is 5.26 Å². The van der Waals surface area contributed by atoms with Gasteiger partial charge in [0.2, 0.25) is 0 Å². The number of ether oxygens (including phenoxy) is 2. The van der Waals surface area contributed by atoms with Crippen molar-refractivity contribution in [3.8, 4) is 28.7 Å². The Balaban J connectivity index is 2.36. The largest absolute Gasteiger partial charge is 0.496 e. The topological polar surface area (TPSA) is 81.2 Å². The monoisotopic (exact) mass is 387 g/mol. The third-order valence-corrected chi connectivity index (χ3v) is 4.98. The van der Waals surface area contributed by atoms with Crippen molar-refractivity contribution in [1.82, 2.24) is 4.98 Å². The van der Waals surface area contributed by atoms with Crippen LogP contribution in [0.15, 0.2) is 16.6 Å². The first-order valence-corrected chi connectivity index (χ1v) is 8.53. The van der Waals surface area contributed by atoms with Crippen LogP contribution in [0.25, 0.3) is 11.1 Å². The highest BCUT2D eigenvalue weighted by molar-refractivity contribution is 9.10. The second-order valence-electron chi connectivity index (χ2n) is 5.68. The molecule has 0 atom stereocenters. The van der Waals surface area contributed by atoms with Crippen molar-refractivity contribution in [3.63, 3.8) is 0 Å². The molecule has 0 radical (unpaired) electrons. The van der Waals surface area contributed by atoms with Gasteiger partial charge in [0.05, 0.1) is 18.7 Å². The molecular formula is C18H18BrN3O2. The van der Waals surface area contributed by atoms with E-state index in [9.17, 15) is 5.26 Å². The number of rotatable bonds is 3.